The van der Waals surface area contributed by atoms with Gasteiger partial charge >= 0.3 is 11.9 Å². The van der Waals surface area contributed by atoms with Crippen molar-refractivity contribution >= 4 is 11.9 Å². The Hall–Kier alpha value is -1.06. The first-order valence-electron chi connectivity index (χ1n) is 9.95. The van der Waals surface area contributed by atoms with Crippen molar-refractivity contribution in [3.63, 3.8) is 0 Å². The summed E-state index contributed by atoms with van der Waals surface area (Å²) in [6, 6.07) is 0. The van der Waals surface area contributed by atoms with Gasteiger partial charge in [0.05, 0.1) is 13.0 Å². The highest BCUT2D eigenvalue weighted by molar-refractivity contribution is 5.72. The summed E-state index contributed by atoms with van der Waals surface area (Å²) < 4.78 is 10.5. The van der Waals surface area contributed by atoms with E-state index >= 15 is 0 Å². The van der Waals surface area contributed by atoms with E-state index in [0.29, 0.717) is 13.0 Å². The molecule has 0 aliphatic rings. The smallest absolute Gasteiger partial charge is 0.309 e. The average molecular weight is 343 g/mol. The van der Waals surface area contributed by atoms with Crippen molar-refractivity contribution in [3.05, 3.63) is 0 Å². The van der Waals surface area contributed by atoms with Crippen LogP contribution in [0.25, 0.3) is 0 Å². The molecule has 0 aromatic carbocycles. The van der Waals surface area contributed by atoms with Crippen LogP contribution in [-0.4, -0.2) is 24.6 Å². The van der Waals surface area contributed by atoms with Gasteiger partial charge in [0.1, 0.15) is 6.10 Å². The largest absolute Gasteiger partial charge is 0.466 e. The van der Waals surface area contributed by atoms with Crippen molar-refractivity contribution in [3.8, 4) is 0 Å². The van der Waals surface area contributed by atoms with Gasteiger partial charge in [-0.2, -0.15) is 0 Å². The summed E-state index contributed by atoms with van der Waals surface area (Å²) in [4.78, 5) is 23.4. The Morgan fingerprint density at radius 3 is 1.92 bits per heavy atom. The van der Waals surface area contributed by atoms with Gasteiger partial charge in [0, 0.05) is 6.42 Å². The van der Waals surface area contributed by atoms with Crippen LogP contribution < -0.4 is 0 Å². The van der Waals surface area contributed by atoms with Gasteiger partial charge in [-0.3, -0.25) is 9.59 Å². The van der Waals surface area contributed by atoms with E-state index in [2.05, 4.69) is 13.8 Å². The van der Waals surface area contributed by atoms with Crippen molar-refractivity contribution in [1.82, 2.24) is 0 Å². The lowest BCUT2D eigenvalue weighted by molar-refractivity contribution is -0.154. The van der Waals surface area contributed by atoms with Gasteiger partial charge < -0.3 is 9.47 Å². The Morgan fingerprint density at radius 2 is 1.29 bits per heavy atom. The molecule has 0 N–H and O–H groups in total. The second-order valence-electron chi connectivity index (χ2n) is 6.66. The summed E-state index contributed by atoms with van der Waals surface area (Å²) in [6.45, 7) is 6.59. The molecule has 0 radical (unpaired) electrons. The standard InChI is InChI=1S/C20H38O4/c1-4-6-8-10-12-14-16-23-20(22)17-18(3)24-19(21)15-13-11-9-7-5-2/h18H,4-17H2,1-3H3/t18-/m0/s1. The van der Waals surface area contributed by atoms with Gasteiger partial charge in [-0.05, 0) is 19.8 Å². The fraction of sp³-hybridized carbons (Fsp3) is 0.900. The maximum absolute atomic E-state index is 11.7. The Kier molecular flexibility index (Phi) is 16.0. The fourth-order valence-electron chi connectivity index (χ4n) is 2.56. The normalized spacial score (nSPS) is 12.0. The molecule has 0 saturated heterocycles. The second-order valence-corrected chi connectivity index (χ2v) is 6.66. The quantitative estimate of drug-likeness (QED) is 0.272. The maximum Gasteiger partial charge on any atom is 0.309 e. The third kappa shape index (κ3) is 15.8. The van der Waals surface area contributed by atoms with Crippen molar-refractivity contribution in [2.24, 2.45) is 0 Å². The predicted molar refractivity (Wildman–Crippen MR) is 97.9 cm³/mol. The lowest BCUT2D eigenvalue weighted by Crippen LogP contribution is -2.20. The molecule has 0 heterocycles. The molecule has 0 unspecified atom stereocenters. The van der Waals surface area contributed by atoms with Crippen molar-refractivity contribution in [2.45, 2.75) is 110 Å². The highest BCUT2D eigenvalue weighted by Crippen LogP contribution is 2.09. The van der Waals surface area contributed by atoms with Gasteiger partial charge in [-0.25, -0.2) is 0 Å². The molecule has 0 saturated carbocycles. The Morgan fingerprint density at radius 1 is 0.750 bits per heavy atom. The first kappa shape index (κ1) is 22.9. The molecular weight excluding hydrogens is 304 g/mol. The number of hydrogen-bond donors (Lipinski definition) is 0. The number of rotatable bonds is 16. The first-order valence-corrected chi connectivity index (χ1v) is 9.95. The van der Waals surface area contributed by atoms with E-state index in [1.165, 1.54) is 44.9 Å². The second kappa shape index (κ2) is 16.8. The van der Waals surface area contributed by atoms with Gasteiger partial charge in [-0.1, -0.05) is 71.6 Å². The Bertz CT molecular complexity index is 315. The van der Waals surface area contributed by atoms with Gasteiger partial charge in [0.2, 0.25) is 0 Å². The molecular formula is C20H38O4. The van der Waals surface area contributed by atoms with Crippen LogP contribution in [0.15, 0.2) is 0 Å². The summed E-state index contributed by atoms with van der Waals surface area (Å²) in [6.07, 6.45) is 12.7. The van der Waals surface area contributed by atoms with Crippen LogP contribution in [0.3, 0.4) is 0 Å². The predicted octanol–water partition coefficient (Wildman–Crippen LogP) is 5.57. The molecule has 0 aromatic heterocycles. The molecule has 1 atom stereocenters. The van der Waals surface area contributed by atoms with E-state index in [4.69, 9.17) is 9.47 Å². The summed E-state index contributed by atoms with van der Waals surface area (Å²) in [7, 11) is 0. The van der Waals surface area contributed by atoms with Crippen LogP contribution in [0.2, 0.25) is 0 Å². The van der Waals surface area contributed by atoms with Crippen LogP contribution in [0.5, 0.6) is 0 Å². The molecule has 0 rings (SSSR count). The van der Waals surface area contributed by atoms with Crippen molar-refractivity contribution < 1.29 is 19.1 Å². The van der Waals surface area contributed by atoms with Crippen LogP contribution in [0.4, 0.5) is 0 Å². The third-order valence-electron chi connectivity index (χ3n) is 4.03. The zero-order chi connectivity index (χ0) is 18.0. The summed E-state index contributed by atoms with van der Waals surface area (Å²) in [5.74, 6) is -0.477. The van der Waals surface area contributed by atoms with Crippen LogP contribution in [0.1, 0.15) is 104 Å². The molecule has 24 heavy (non-hydrogen) atoms. The summed E-state index contributed by atoms with van der Waals surface area (Å²) in [5.41, 5.74) is 0. The molecule has 0 amide bonds. The number of carbonyl (C=O) groups excluding carboxylic acids is 2. The lowest BCUT2D eigenvalue weighted by atomic mass is 10.1. The number of hydrogen-bond acceptors (Lipinski definition) is 4. The highest BCUT2D eigenvalue weighted by atomic mass is 16.6. The fourth-order valence-corrected chi connectivity index (χ4v) is 2.56. The molecule has 142 valence electrons. The van der Waals surface area contributed by atoms with E-state index < -0.39 is 6.10 Å². The SMILES string of the molecule is CCCCCCCCOC(=O)C[C@H](C)OC(=O)CCCCCCC. The van der Waals surface area contributed by atoms with E-state index in [0.717, 1.165) is 25.7 Å². The van der Waals surface area contributed by atoms with E-state index in [1.54, 1.807) is 6.92 Å². The monoisotopic (exact) mass is 342 g/mol. The maximum atomic E-state index is 11.7. The average Bonchev–Trinajstić information content (AvgIpc) is 2.53. The number of unbranched alkanes of at least 4 members (excludes halogenated alkanes) is 9. The van der Waals surface area contributed by atoms with Crippen molar-refractivity contribution in [1.29, 1.82) is 0 Å². The molecule has 0 fully saturated rings. The topological polar surface area (TPSA) is 52.6 Å². The summed E-state index contributed by atoms with van der Waals surface area (Å²) in [5, 5.41) is 0. The summed E-state index contributed by atoms with van der Waals surface area (Å²) >= 11 is 0. The minimum Gasteiger partial charge on any atom is -0.466 e. The molecule has 0 aromatic rings. The molecule has 0 aliphatic heterocycles. The first-order chi connectivity index (χ1) is 11.6. The molecule has 4 nitrogen and oxygen atoms in total. The molecule has 0 aliphatic carbocycles. The lowest BCUT2D eigenvalue weighted by Gasteiger charge is -2.13. The minimum atomic E-state index is -0.398. The van der Waals surface area contributed by atoms with E-state index in [9.17, 15) is 9.59 Å². The zero-order valence-electron chi connectivity index (χ0n) is 16.1. The van der Waals surface area contributed by atoms with Crippen LogP contribution >= 0.6 is 0 Å². The van der Waals surface area contributed by atoms with E-state index in [-0.39, 0.29) is 18.4 Å². The molecule has 0 bridgehead atoms. The van der Waals surface area contributed by atoms with Crippen LogP contribution in [0, 0.1) is 0 Å². The molecule has 0 spiro atoms. The van der Waals surface area contributed by atoms with Gasteiger partial charge in [0.25, 0.3) is 0 Å². The van der Waals surface area contributed by atoms with Crippen molar-refractivity contribution in [2.75, 3.05) is 6.61 Å². The zero-order valence-corrected chi connectivity index (χ0v) is 16.1. The molecule has 4 heteroatoms. The third-order valence-corrected chi connectivity index (χ3v) is 4.03. The van der Waals surface area contributed by atoms with Gasteiger partial charge in [-0.15, -0.1) is 0 Å². The van der Waals surface area contributed by atoms with Gasteiger partial charge in [0.15, 0.2) is 0 Å². The van der Waals surface area contributed by atoms with Crippen LogP contribution in [-0.2, 0) is 19.1 Å². The Labute approximate surface area is 148 Å². The number of esters is 2. The number of carbonyl (C=O) groups is 2. The van der Waals surface area contributed by atoms with E-state index in [1.807, 2.05) is 0 Å². The minimum absolute atomic E-state index is 0.150. The highest BCUT2D eigenvalue weighted by Gasteiger charge is 2.14. The Balaban J connectivity index is 3.55. The number of ether oxygens (including phenoxy) is 2.